The molecule has 0 unspecified atom stereocenters. The van der Waals surface area contributed by atoms with Gasteiger partial charge in [-0.2, -0.15) is 0 Å². The summed E-state index contributed by atoms with van der Waals surface area (Å²) in [5.74, 6) is 0.530. The molecule has 25 heavy (non-hydrogen) atoms. The third kappa shape index (κ3) is 3.17. The van der Waals surface area contributed by atoms with E-state index in [2.05, 4.69) is 4.98 Å². The number of aromatic amines is 1. The molecule has 2 aromatic carbocycles. The summed E-state index contributed by atoms with van der Waals surface area (Å²) >= 11 is 0. The summed E-state index contributed by atoms with van der Waals surface area (Å²) in [6, 6.07) is 11.6. The van der Waals surface area contributed by atoms with Crippen LogP contribution in [0.2, 0.25) is 0 Å². The lowest BCUT2D eigenvalue weighted by Gasteiger charge is -2.08. The lowest BCUT2D eigenvalue weighted by atomic mass is 10.2. The van der Waals surface area contributed by atoms with E-state index in [1.807, 2.05) is 13.8 Å². The predicted octanol–water partition coefficient (Wildman–Crippen LogP) is 3.32. The Morgan fingerprint density at radius 3 is 2.40 bits per heavy atom. The van der Waals surface area contributed by atoms with E-state index in [0.29, 0.717) is 17.9 Å². The highest BCUT2D eigenvalue weighted by Crippen LogP contribution is 2.22. The molecule has 3 aromatic rings. The van der Waals surface area contributed by atoms with E-state index in [1.165, 1.54) is 18.3 Å². The quantitative estimate of drug-likeness (QED) is 0.760. The van der Waals surface area contributed by atoms with Crippen LogP contribution in [0.25, 0.3) is 10.9 Å². The fourth-order valence-electron chi connectivity index (χ4n) is 2.67. The van der Waals surface area contributed by atoms with Crippen molar-refractivity contribution in [2.24, 2.45) is 0 Å². The maximum absolute atomic E-state index is 12.9. The highest BCUT2D eigenvalue weighted by molar-refractivity contribution is 7.91. The van der Waals surface area contributed by atoms with Crippen molar-refractivity contribution in [2.45, 2.75) is 30.1 Å². The predicted molar refractivity (Wildman–Crippen MR) is 97.0 cm³/mol. The van der Waals surface area contributed by atoms with Gasteiger partial charge in [-0.3, -0.25) is 4.79 Å². The van der Waals surface area contributed by atoms with Crippen LogP contribution in [0.1, 0.15) is 19.4 Å². The molecule has 0 saturated heterocycles. The van der Waals surface area contributed by atoms with Gasteiger partial charge in [0.1, 0.15) is 10.6 Å². The Morgan fingerprint density at radius 2 is 1.76 bits per heavy atom. The largest absolute Gasteiger partial charge is 0.494 e. The molecule has 3 rings (SSSR count). The fourth-order valence-corrected chi connectivity index (χ4v) is 3.98. The lowest BCUT2D eigenvalue weighted by Crippen LogP contribution is -2.16. The summed E-state index contributed by atoms with van der Waals surface area (Å²) in [6.07, 6.45) is 2.07. The first-order chi connectivity index (χ1) is 12.0. The third-order valence-corrected chi connectivity index (χ3v) is 5.84. The third-order valence-electron chi connectivity index (χ3n) is 4.06. The summed E-state index contributed by atoms with van der Waals surface area (Å²) in [7, 11) is -3.90. The monoisotopic (exact) mass is 357 g/mol. The minimum atomic E-state index is -3.90. The van der Waals surface area contributed by atoms with E-state index >= 15 is 0 Å². The van der Waals surface area contributed by atoms with Gasteiger partial charge < -0.3 is 9.72 Å². The first-order valence-corrected chi connectivity index (χ1v) is 9.58. The van der Waals surface area contributed by atoms with Gasteiger partial charge in [-0.05, 0) is 49.2 Å². The van der Waals surface area contributed by atoms with E-state index in [4.69, 9.17) is 4.74 Å². The Balaban J connectivity index is 2.16. The molecule has 0 fully saturated rings. The number of aryl methyl sites for hydroxylation is 1. The summed E-state index contributed by atoms with van der Waals surface area (Å²) in [5.41, 5.74) is 1.07. The minimum Gasteiger partial charge on any atom is -0.494 e. The lowest BCUT2D eigenvalue weighted by molar-refractivity contribution is 0.340. The smallest absolute Gasteiger partial charge is 0.211 e. The van der Waals surface area contributed by atoms with Gasteiger partial charge in [0.05, 0.1) is 16.9 Å². The minimum absolute atomic E-state index is 0.107. The zero-order valence-corrected chi connectivity index (χ0v) is 14.9. The number of pyridine rings is 1. The highest BCUT2D eigenvalue weighted by Gasteiger charge is 2.22. The molecule has 1 N–H and O–H groups in total. The molecule has 6 heteroatoms. The Morgan fingerprint density at radius 1 is 1.04 bits per heavy atom. The fraction of sp³-hybridized carbons (Fsp3) is 0.211. The second-order valence-electron chi connectivity index (χ2n) is 5.62. The van der Waals surface area contributed by atoms with Gasteiger partial charge in [0, 0.05) is 11.7 Å². The number of benzene rings is 2. The Labute approximate surface area is 146 Å². The maximum atomic E-state index is 12.9. The van der Waals surface area contributed by atoms with E-state index in [1.54, 1.807) is 30.3 Å². The number of hydrogen-bond donors (Lipinski definition) is 1. The number of hydrogen-bond acceptors (Lipinski definition) is 4. The van der Waals surface area contributed by atoms with Crippen molar-refractivity contribution in [3.8, 4) is 5.75 Å². The van der Waals surface area contributed by atoms with Crippen molar-refractivity contribution >= 4 is 20.7 Å². The molecule has 0 radical (unpaired) electrons. The Hall–Kier alpha value is -2.60. The van der Waals surface area contributed by atoms with Crippen molar-refractivity contribution in [2.75, 3.05) is 6.61 Å². The molecule has 0 saturated carbocycles. The first kappa shape index (κ1) is 17.2. The SMILES string of the molecule is CCOc1ccc2[nH]cc(S(=O)(=O)c3ccc(CC)cc3)c(=O)c2c1. The molecule has 5 nitrogen and oxygen atoms in total. The van der Waals surface area contributed by atoms with E-state index in [9.17, 15) is 13.2 Å². The number of aromatic nitrogens is 1. The van der Waals surface area contributed by atoms with E-state index < -0.39 is 15.3 Å². The molecule has 0 aliphatic heterocycles. The van der Waals surface area contributed by atoms with Crippen molar-refractivity contribution in [1.29, 1.82) is 0 Å². The second kappa shape index (κ2) is 6.72. The highest BCUT2D eigenvalue weighted by atomic mass is 32.2. The van der Waals surface area contributed by atoms with Crippen LogP contribution in [0.15, 0.2) is 63.2 Å². The van der Waals surface area contributed by atoms with E-state index in [0.717, 1.165) is 12.0 Å². The molecule has 0 spiro atoms. The van der Waals surface area contributed by atoms with Crippen LogP contribution in [-0.2, 0) is 16.3 Å². The number of H-pyrrole nitrogens is 1. The van der Waals surface area contributed by atoms with Crippen molar-refractivity contribution in [3.63, 3.8) is 0 Å². The van der Waals surface area contributed by atoms with Crippen LogP contribution >= 0.6 is 0 Å². The van der Waals surface area contributed by atoms with Gasteiger partial charge in [0.15, 0.2) is 0 Å². The Bertz CT molecular complexity index is 1070. The number of fused-ring (bicyclic) bond motifs is 1. The van der Waals surface area contributed by atoms with E-state index in [-0.39, 0.29) is 15.2 Å². The van der Waals surface area contributed by atoms with Crippen molar-refractivity contribution in [3.05, 3.63) is 64.4 Å². The molecule has 0 aliphatic rings. The molecular formula is C19H19NO4S. The van der Waals surface area contributed by atoms with Gasteiger partial charge in [0.25, 0.3) is 0 Å². The zero-order chi connectivity index (χ0) is 18.0. The topological polar surface area (TPSA) is 76.2 Å². The van der Waals surface area contributed by atoms with Crippen molar-refractivity contribution < 1.29 is 13.2 Å². The maximum Gasteiger partial charge on any atom is 0.211 e. The van der Waals surface area contributed by atoms with Crippen LogP contribution in [0.3, 0.4) is 0 Å². The molecule has 1 heterocycles. The summed E-state index contributed by atoms with van der Waals surface area (Å²) in [5, 5.41) is 0.289. The molecule has 0 aliphatic carbocycles. The second-order valence-corrected chi connectivity index (χ2v) is 7.54. The number of nitrogens with one attached hydrogen (secondary N) is 1. The van der Waals surface area contributed by atoms with Crippen LogP contribution in [0, 0.1) is 0 Å². The summed E-state index contributed by atoms with van der Waals surface area (Å²) in [4.78, 5) is 15.5. The molecule has 0 atom stereocenters. The number of sulfone groups is 1. The molecule has 130 valence electrons. The molecular weight excluding hydrogens is 338 g/mol. The standard InChI is InChI=1S/C19H19NO4S/c1-3-13-5-8-15(9-6-13)25(22,23)18-12-20-17-10-7-14(24-4-2)11-16(17)19(18)21/h5-12H,3-4H2,1-2H3,(H,20,21). The van der Waals surface area contributed by atoms with Gasteiger partial charge in [-0.1, -0.05) is 19.1 Å². The van der Waals surface area contributed by atoms with Crippen molar-refractivity contribution in [1.82, 2.24) is 4.98 Å². The van der Waals surface area contributed by atoms with Crippen LogP contribution in [0.5, 0.6) is 5.75 Å². The average molecular weight is 357 g/mol. The van der Waals surface area contributed by atoms with Crippen LogP contribution in [-0.4, -0.2) is 20.0 Å². The summed E-state index contributed by atoms with van der Waals surface area (Å²) in [6.45, 7) is 4.30. The van der Waals surface area contributed by atoms with Crippen LogP contribution in [0.4, 0.5) is 0 Å². The first-order valence-electron chi connectivity index (χ1n) is 8.09. The van der Waals surface area contributed by atoms with Gasteiger partial charge in [0.2, 0.25) is 15.3 Å². The normalized spacial score (nSPS) is 11.6. The average Bonchev–Trinajstić information content (AvgIpc) is 2.62. The summed E-state index contributed by atoms with van der Waals surface area (Å²) < 4.78 is 31.1. The van der Waals surface area contributed by atoms with Gasteiger partial charge in [-0.25, -0.2) is 8.42 Å². The molecule has 1 aromatic heterocycles. The zero-order valence-electron chi connectivity index (χ0n) is 14.1. The van der Waals surface area contributed by atoms with Gasteiger partial charge in [-0.15, -0.1) is 0 Å². The van der Waals surface area contributed by atoms with Crippen LogP contribution < -0.4 is 10.2 Å². The number of ether oxygens (including phenoxy) is 1. The molecule has 0 bridgehead atoms. The van der Waals surface area contributed by atoms with Gasteiger partial charge >= 0.3 is 0 Å². The Kier molecular flexibility index (Phi) is 4.63. The molecule has 0 amide bonds. The number of rotatable bonds is 5.